The van der Waals surface area contributed by atoms with E-state index in [4.69, 9.17) is 0 Å². The second-order valence-corrected chi connectivity index (χ2v) is 5.21. The predicted molar refractivity (Wildman–Crippen MR) is 82.9 cm³/mol. The molecule has 2 aromatic carbocycles. The predicted octanol–water partition coefficient (Wildman–Crippen LogP) is 4.55. The summed E-state index contributed by atoms with van der Waals surface area (Å²) >= 11 is 3.40. The minimum Gasteiger partial charge on any atom is -0.321 e. The zero-order valence-electron chi connectivity index (χ0n) is 10.9. The summed E-state index contributed by atoms with van der Waals surface area (Å²) < 4.78 is 13.6. The van der Waals surface area contributed by atoms with Crippen LogP contribution in [-0.4, -0.2) is 5.91 Å². The first-order valence-corrected chi connectivity index (χ1v) is 6.85. The Morgan fingerprint density at radius 3 is 2.55 bits per heavy atom. The van der Waals surface area contributed by atoms with Gasteiger partial charge in [0, 0.05) is 10.5 Å². The Kier molecular flexibility index (Phi) is 4.69. The monoisotopic (exact) mass is 333 g/mol. The molecule has 2 rings (SSSR count). The number of aryl methyl sites for hydroxylation is 1. The third-order valence-corrected chi connectivity index (χ3v) is 3.34. The molecule has 0 aliphatic heterocycles. The Balaban J connectivity index is 2.03. The van der Waals surface area contributed by atoms with Gasteiger partial charge in [-0.1, -0.05) is 18.2 Å². The summed E-state index contributed by atoms with van der Waals surface area (Å²) in [5.74, 6) is -0.533. The molecule has 20 heavy (non-hydrogen) atoms. The van der Waals surface area contributed by atoms with Crippen LogP contribution in [0.3, 0.4) is 0 Å². The van der Waals surface area contributed by atoms with Crippen molar-refractivity contribution < 1.29 is 9.18 Å². The van der Waals surface area contributed by atoms with E-state index in [9.17, 15) is 9.18 Å². The van der Waals surface area contributed by atoms with Crippen molar-refractivity contribution in [2.75, 3.05) is 5.32 Å². The summed E-state index contributed by atoms with van der Waals surface area (Å²) in [5, 5.41) is 2.77. The average molecular weight is 334 g/mol. The van der Waals surface area contributed by atoms with E-state index in [1.165, 1.54) is 18.2 Å². The molecule has 0 saturated heterocycles. The summed E-state index contributed by atoms with van der Waals surface area (Å²) in [5.41, 5.74) is 2.59. The first-order chi connectivity index (χ1) is 9.54. The first-order valence-electron chi connectivity index (χ1n) is 6.05. The van der Waals surface area contributed by atoms with E-state index in [2.05, 4.69) is 21.2 Å². The maximum absolute atomic E-state index is 12.7. The molecule has 102 valence electrons. The fourth-order valence-electron chi connectivity index (χ4n) is 1.64. The quantitative estimate of drug-likeness (QED) is 0.820. The van der Waals surface area contributed by atoms with Crippen LogP contribution in [0, 0.1) is 12.7 Å². The number of nitrogens with one attached hydrogen (secondary N) is 1. The van der Waals surface area contributed by atoms with Gasteiger partial charge in [-0.05, 0) is 64.3 Å². The van der Waals surface area contributed by atoms with E-state index in [-0.39, 0.29) is 11.7 Å². The molecule has 2 nitrogen and oxygen atoms in total. The molecule has 1 N–H and O–H groups in total. The van der Waals surface area contributed by atoms with Crippen LogP contribution in [0.1, 0.15) is 11.1 Å². The number of rotatable bonds is 3. The number of anilines is 1. The van der Waals surface area contributed by atoms with Crippen molar-refractivity contribution in [2.45, 2.75) is 6.92 Å². The molecule has 1 amide bonds. The highest BCUT2D eigenvalue weighted by Gasteiger charge is 2.02. The lowest BCUT2D eigenvalue weighted by atomic mass is 10.2. The number of benzene rings is 2. The second-order valence-electron chi connectivity index (χ2n) is 4.36. The molecular weight excluding hydrogens is 321 g/mol. The molecular formula is C16H13BrFNO. The molecule has 0 bridgehead atoms. The van der Waals surface area contributed by atoms with Crippen molar-refractivity contribution in [2.24, 2.45) is 0 Å². The van der Waals surface area contributed by atoms with Gasteiger partial charge in [0.1, 0.15) is 5.82 Å². The zero-order chi connectivity index (χ0) is 14.5. The Morgan fingerprint density at radius 2 is 1.90 bits per heavy atom. The third-order valence-electron chi connectivity index (χ3n) is 2.68. The lowest BCUT2D eigenvalue weighted by Crippen LogP contribution is -2.08. The van der Waals surface area contributed by atoms with Crippen LogP contribution in [0.4, 0.5) is 10.1 Å². The molecule has 0 aliphatic rings. The minimum atomic E-state index is -0.296. The Labute approximate surface area is 125 Å². The number of carbonyl (C=O) groups is 1. The van der Waals surface area contributed by atoms with E-state index in [0.29, 0.717) is 5.69 Å². The van der Waals surface area contributed by atoms with E-state index in [1.54, 1.807) is 18.2 Å². The van der Waals surface area contributed by atoms with Gasteiger partial charge in [-0.15, -0.1) is 0 Å². The van der Waals surface area contributed by atoms with Crippen molar-refractivity contribution in [1.82, 2.24) is 0 Å². The van der Waals surface area contributed by atoms with Gasteiger partial charge in [-0.3, -0.25) is 4.79 Å². The van der Waals surface area contributed by atoms with Crippen LogP contribution in [-0.2, 0) is 4.79 Å². The molecule has 2 aromatic rings. The summed E-state index contributed by atoms with van der Waals surface area (Å²) in [6.45, 7) is 1.98. The van der Waals surface area contributed by atoms with Crippen LogP contribution in [0.5, 0.6) is 0 Å². The minimum absolute atomic E-state index is 0.237. The van der Waals surface area contributed by atoms with E-state index < -0.39 is 0 Å². The van der Waals surface area contributed by atoms with Crippen molar-refractivity contribution in [3.8, 4) is 0 Å². The maximum Gasteiger partial charge on any atom is 0.248 e. The highest BCUT2D eigenvalue weighted by atomic mass is 79.9. The summed E-state index contributed by atoms with van der Waals surface area (Å²) in [7, 11) is 0. The average Bonchev–Trinajstić information content (AvgIpc) is 2.41. The molecule has 0 heterocycles. The lowest BCUT2D eigenvalue weighted by Gasteiger charge is -2.05. The molecule has 0 aliphatic carbocycles. The summed E-state index contributed by atoms with van der Waals surface area (Å²) in [4.78, 5) is 11.8. The number of hydrogen-bond acceptors (Lipinski definition) is 1. The molecule has 0 fully saturated rings. The fourth-order valence-corrected chi connectivity index (χ4v) is 2.23. The zero-order valence-corrected chi connectivity index (χ0v) is 12.4. The van der Waals surface area contributed by atoms with E-state index >= 15 is 0 Å². The normalized spacial score (nSPS) is 10.8. The maximum atomic E-state index is 12.7. The summed E-state index contributed by atoms with van der Waals surface area (Å²) in [6.07, 6.45) is 3.05. The third kappa shape index (κ3) is 4.03. The van der Waals surface area contributed by atoms with E-state index in [1.807, 2.05) is 25.1 Å². The molecule has 0 radical (unpaired) electrons. The number of amides is 1. The van der Waals surface area contributed by atoms with Crippen LogP contribution in [0.2, 0.25) is 0 Å². The van der Waals surface area contributed by atoms with Crippen molar-refractivity contribution in [1.29, 1.82) is 0 Å². The molecule has 0 aromatic heterocycles. The molecule has 4 heteroatoms. The molecule has 0 unspecified atom stereocenters. The van der Waals surface area contributed by atoms with Crippen LogP contribution < -0.4 is 5.32 Å². The standard InChI is InChI=1S/C16H13BrFNO/c1-11-2-8-15(14(17)10-11)19-16(20)9-5-12-3-6-13(18)7-4-12/h2-10H,1H3,(H,19,20)/b9-5+. The number of carbonyl (C=O) groups excluding carboxylic acids is 1. The topological polar surface area (TPSA) is 29.1 Å². The van der Waals surface area contributed by atoms with Crippen LogP contribution in [0.25, 0.3) is 6.08 Å². The van der Waals surface area contributed by atoms with Gasteiger partial charge in [0.05, 0.1) is 5.69 Å². The SMILES string of the molecule is Cc1ccc(NC(=O)/C=C/c2ccc(F)cc2)c(Br)c1. The lowest BCUT2D eigenvalue weighted by molar-refractivity contribution is -0.111. The van der Waals surface area contributed by atoms with Gasteiger partial charge < -0.3 is 5.32 Å². The molecule has 0 atom stereocenters. The molecule has 0 spiro atoms. The Morgan fingerprint density at radius 1 is 1.20 bits per heavy atom. The van der Waals surface area contributed by atoms with Gasteiger partial charge >= 0.3 is 0 Å². The Bertz CT molecular complexity index is 650. The summed E-state index contributed by atoms with van der Waals surface area (Å²) in [6, 6.07) is 11.6. The highest BCUT2D eigenvalue weighted by Crippen LogP contribution is 2.23. The number of hydrogen-bond donors (Lipinski definition) is 1. The van der Waals surface area contributed by atoms with Crippen LogP contribution in [0.15, 0.2) is 53.0 Å². The largest absolute Gasteiger partial charge is 0.321 e. The van der Waals surface area contributed by atoms with Crippen LogP contribution >= 0.6 is 15.9 Å². The van der Waals surface area contributed by atoms with Crippen molar-refractivity contribution in [3.63, 3.8) is 0 Å². The molecule has 0 saturated carbocycles. The van der Waals surface area contributed by atoms with Gasteiger partial charge in [0.15, 0.2) is 0 Å². The van der Waals surface area contributed by atoms with Gasteiger partial charge in [0.2, 0.25) is 5.91 Å². The van der Waals surface area contributed by atoms with Gasteiger partial charge in [-0.25, -0.2) is 4.39 Å². The van der Waals surface area contributed by atoms with Crippen molar-refractivity contribution >= 4 is 33.6 Å². The highest BCUT2D eigenvalue weighted by molar-refractivity contribution is 9.10. The Hall–Kier alpha value is -1.94. The second kappa shape index (κ2) is 6.48. The van der Waals surface area contributed by atoms with E-state index in [0.717, 1.165) is 15.6 Å². The van der Waals surface area contributed by atoms with Crippen molar-refractivity contribution in [3.05, 3.63) is 70.0 Å². The van der Waals surface area contributed by atoms with Gasteiger partial charge in [-0.2, -0.15) is 0 Å². The fraction of sp³-hybridized carbons (Fsp3) is 0.0625. The van der Waals surface area contributed by atoms with Gasteiger partial charge in [0.25, 0.3) is 0 Å². The smallest absolute Gasteiger partial charge is 0.248 e. The first kappa shape index (κ1) is 14.5. The number of halogens is 2.